The molecule has 2 amide bonds. The van der Waals surface area contributed by atoms with Gasteiger partial charge in [0.05, 0.1) is 30.1 Å². The number of carbonyl (C=O) groups excluding carboxylic acids is 3. The summed E-state index contributed by atoms with van der Waals surface area (Å²) in [6.45, 7) is 0. The number of anilines is 2. The lowest BCUT2D eigenvalue weighted by molar-refractivity contribution is -0.126. The highest BCUT2D eigenvalue weighted by molar-refractivity contribution is 6.23. The van der Waals surface area contributed by atoms with Gasteiger partial charge in [-0.15, -0.1) is 0 Å². The molecule has 4 aromatic carbocycles. The minimum atomic E-state index is -1.09. The van der Waals surface area contributed by atoms with E-state index in [-0.39, 0.29) is 17.2 Å². The number of hydrogen-bond donors (Lipinski definition) is 0. The zero-order valence-corrected chi connectivity index (χ0v) is 21.3. The molecule has 2 heterocycles. The zero-order chi connectivity index (χ0) is 27.8. The molecule has 0 N–H and O–H groups in total. The normalized spacial score (nSPS) is 20.0. The number of nitrogens with zero attached hydrogens (tertiary/aromatic N) is 2. The number of ether oxygens (including phenoxy) is 2. The van der Waals surface area contributed by atoms with Crippen molar-refractivity contribution in [3.05, 3.63) is 120 Å². The summed E-state index contributed by atoms with van der Waals surface area (Å²) in [6, 6.07) is 27.1. The Morgan fingerprint density at radius 3 is 2.15 bits per heavy atom. The van der Waals surface area contributed by atoms with Crippen molar-refractivity contribution in [1.29, 1.82) is 0 Å². The second-order valence-corrected chi connectivity index (χ2v) is 9.31. The summed E-state index contributed by atoms with van der Waals surface area (Å²) in [4.78, 5) is 47.1. The lowest BCUT2D eigenvalue weighted by atomic mass is 9.90. The highest BCUT2D eigenvalue weighted by atomic mass is 19.1. The van der Waals surface area contributed by atoms with Crippen LogP contribution in [0, 0.1) is 11.7 Å². The lowest BCUT2D eigenvalue weighted by Crippen LogP contribution is -2.37. The van der Waals surface area contributed by atoms with E-state index in [4.69, 9.17) is 14.3 Å². The molecule has 0 unspecified atom stereocenters. The van der Waals surface area contributed by atoms with Gasteiger partial charge in [-0.1, -0.05) is 42.5 Å². The van der Waals surface area contributed by atoms with Crippen LogP contribution < -0.4 is 19.4 Å². The number of hydroxylamine groups is 1. The highest BCUT2D eigenvalue weighted by Crippen LogP contribution is 2.48. The molecule has 2 aliphatic heterocycles. The second-order valence-electron chi connectivity index (χ2n) is 9.31. The number of rotatable bonds is 6. The van der Waals surface area contributed by atoms with Crippen LogP contribution in [0.3, 0.4) is 0 Å². The van der Waals surface area contributed by atoms with Gasteiger partial charge in [0.15, 0.2) is 17.6 Å². The first-order valence-electron chi connectivity index (χ1n) is 12.6. The number of esters is 1. The predicted molar refractivity (Wildman–Crippen MR) is 143 cm³/mol. The van der Waals surface area contributed by atoms with Crippen molar-refractivity contribution in [2.75, 3.05) is 17.1 Å². The summed E-state index contributed by atoms with van der Waals surface area (Å²) in [5, 5.41) is 1.55. The Bertz CT molecular complexity index is 1580. The van der Waals surface area contributed by atoms with Gasteiger partial charge in [-0.25, -0.2) is 19.1 Å². The van der Waals surface area contributed by atoms with E-state index >= 15 is 0 Å². The molecule has 0 bridgehead atoms. The van der Waals surface area contributed by atoms with E-state index < -0.39 is 41.7 Å². The molecular formula is C31H23FN2O6. The van der Waals surface area contributed by atoms with Crippen molar-refractivity contribution >= 4 is 29.2 Å². The minimum absolute atomic E-state index is 0.198. The van der Waals surface area contributed by atoms with Gasteiger partial charge in [0.25, 0.3) is 5.91 Å². The maximum absolute atomic E-state index is 13.8. The molecule has 0 spiro atoms. The number of imide groups is 1. The molecule has 4 aromatic rings. The number of amides is 2. The Hall–Kier alpha value is -5.02. The van der Waals surface area contributed by atoms with Crippen molar-refractivity contribution in [3.63, 3.8) is 0 Å². The standard InChI is InChI=1S/C31H23FN2O6/c1-38-25-18-20(12-17-24(25)39-31(37)19-8-4-2-5-9-19)27-26-28(40-34(27)23-10-6-3-7-11-23)30(36)33(29(26)35)22-15-13-21(32)14-16-22/h2-18,26-28H,1H3/t26-,27-,28-/m1/s1. The Kier molecular flexibility index (Phi) is 6.49. The van der Waals surface area contributed by atoms with Crippen LogP contribution in [0.25, 0.3) is 0 Å². The van der Waals surface area contributed by atoms with E-state index in [0.717, 1.165) is 4.90 Å². The van der Waals surface area contributed by atoms with Gasteiger partial charge in [-0.05, 0) is 66.2 Å². The molecule has 3 atom stereocenters. The monoisotopic (exact) mass is 538 g/mol. The van der Waals surface area contributed by atoms with Gasteiger partial charge in [-0.2, -0.15) is 0 Å². The molecule has 2 saturated heterocycles. The van der Waals surface area contributed by atoms with Gasteiger partial charge in [0.2, 0.25) is 5.91 Å². The molecule has 0 aromatic heterocycles. The first kappa shape index (κ1) is 25.3. The first-order chi connectivity index (χ1) is 19.5. The molecule has 200 valence electrons. The summed E-state index contributed by atoms with van der Waals surface area (Å²) in [7, 11) is 1.45. The van der Waals surface area contributed by atoms with E-state index in [9.17, 15) is 18.8 Å². The van der Waals surface area contributed by atoms with Crippen LogP contribution >= 0.6 is 0 Å². The summed E-state index contributed by atoms with van der Waals surface area (Å²) in [5.41, 5.74) is 1.90. The van der Waals surface area contributed by atoms with Crippen molar-refractivity contribution < 1.29 is 33.1 Å². The van der Waals surface area contributed by atoms with Crippen molar-refractivity contribution in [2.24, 2.45) is 5.92 Å². The largest absolute Gasteiger partial charge is 0.493 e. The summed E-state index contributed by atoms with van der Waals surface area (Å²) < 4.78 is 24.7. The molecule has 8 nitrogen and oxygen atoms in total. The van der Waals surface area contributed by atoms with E-state index in [1.54, 1.807) is 53.6 Å². The zero-order valence-electron chi connectivity index (χ0n) is 21.3. The number of carbonyl (C=O) groups is 3. The summed E-state index contributed by atoms with van der Waals surface area (Å²) in [5.74, 6) is -2.47. The molecule has 6 rings (SSSR count). The lowest BCUT2D eigenvalue weighted by Gasteiger charge is -2.29. The number of halogens is 1. The number of para-hydroxylation sites is 1. The van der Waals surface area contributed by atoms with Gasteiger partial charge in [-0.3, -0.25) is 14.4 Å². The minimum Gasteiger partial charge on any atom is -0.493 e. The molecule has 0 radical (unpaired) electrons. The van der Waals surface area contributed by atoms with Crippen LogP contribution in [-0.2, 0) is 14.4 Å². The quantitative estimate of drug-likeness (QED) is 0.192. The second kappa shape index (κ2) is 10.3. The Morgan fingerprint density at radius 1 is 0.800 bits per heavy atom. The fourth-order valence-corrected chi connectivity index (χ4v) is 5.08. The van der Waals surface area contributed by atoms with Crippen LogP contribution in [0.5, 0.6) is 11.5 Å². The fraction of sp³-hybridized carbons (Fsp3) is 0.129. The fourth-order valence-electron chi connectivity index (χ4n) is 5.08. The smallest absolute Gasteiger partial charge is 0.343 e. The third-order valence-electron chi connectivity index (χ3n) is 6.95. The molecule has 9 heteroatoms. The Labute approximate surface area is 229 Å². The van der Waals surface area contributed by atoms with E-state index in [1.807, 2.05) is 30.3 Å². The van der Waals surface area contributed by atoms with Crippen LogP contribution in [0.4, 0.5) is 15.8 Å². The predicted octanol–water partition coefficient (Wildman–Crippen LogP) is 5.10. The van der Waals surface area contributed by atoms with Gasteiger partial charge >= 0.3 is 5.97 Å². The van der Waals surface area contributed by atoms with Gasteiger partial charge in [0.1, 0.15) is 11.7 Å². The highest BCUT2D eigenvalue weighted by Gasteiger charge is 2.60. The molecule has 0 aliphatic carbocycles. The maximum atomic E-state index is 13.8. The van der Waals surface area contributed by atoms with E-state index in [2.05, 4.69) is 0 Å². The third kappa shape index (κ3) is 4.36. The van der Waals surface area contributed by atoms with E-state index in [0.29, 0.717) is 16.8 Å². The van der Waals surface area contributed by atoms with Crippen LogP contribution in [-0.4, -0.2) is 31.0 Å². The van der Waals surface area contributed by atoms with Crippen LogP contribution in [0.2, 0.25) is 0 Å². The van der Waals surface area contributed by atoms with Crippen LogP contribution in [0.1, 0.15) is 22.0 Å². The van der Waals surface area contributed by atoms with Crippen molar-refractivity contribution in [3.8, 4) is 11.5 Å². The first-order valence-corrected chi connectivity index (χ1v) is 12.6. The number of hydrogen-bond acceptors (Lipinski definition) is 7. The van der Waals surface area contributed by atoms with Gasteiger partial charge in [0, 0.05) is 0 Å². The Morgan fingerprint density at radius 2 is 1.48 bits per heavy atom. The van der Waals surface area contributed by atoms with E-state index in [1.165, 1.54) is 31.4 Å². The van der Waals surface area contributed by atoms with Crippen molar-refractivity contribution in [2.45, 2.75) is 12.1 Å². The summed E-state index contributed by atoms with van der Waals surface area (Å²) in [6.07, 6.45) is -1.09. The topological polar surface area (TPSA) is 85.4 Å². The molecular weight excluding hydrogens is 515 g/mol. The average Bonchev–Trinajstić information content (AvgIpc) is 3.50. The SMILES string of the molecule is COc1cc([C@@H]2[C@H]3C(=O)N(c4ccc(F)cc4)C(=O)[C@@H]3ON2c2ccccc2)ccc1OC(=O)c1ccccc1. The number of benzene rings is 4. The summed E-state index contributed by atoms with van der Waals surface area (Å²) >= 11 is 0. The molecule has 40 heavy (non-hydrogen) atoms. The molecule has 2 aliphatic rings. The number of fused-ring (bicyclic) bond motifs is 1. The van der Waals surface area contributed by atoms with Crippen molar-refractivity contribution in [1.82, 2.24) is 0 Å². The Balaban J connectivity index is 1.38. The average molecular weight is 539 g/mol. The molecule has 0 saturated carbocycles. The maximum Gasteiger partial charge on any atom is 0.343 e. The van der Waals surface area contributed by atoms with Gasteiger partial charge < -0.3 is 9.47 Å². The third-order valence-corrected chi connectivity index (χ3v) is 6.95. The number of methoxy groups -OCH3 is 1. The molecule has 2 fully saturated rings. The van der Waals surface area contributed by atoms with Crippen LogP contribution in [0.15, 0.2) is 103 Å².